The molecule has 0 aliphatic rings. The Bertz CT molecular complexity index is 1020. The lowest BCUT2D eigenvalue weighted by molar-refractivity contribution is -0.137. The van der Waals surface area contributed by atoms with Gasteiger partial charge in [-0.05, 0) is 19.9 Å². The number of halogens is 3. The molecule has 0 spiro atoms. The van der Waals surface area contributed by atoms with Crippen LogP contribution in [-0.2, 0) is 10.9 Å². The molecular weight excluding hydrogens is 395 g/mol. The van der Waals surface area contributed by atoms with Crippen LogP contribution in [0.15, 0.2) is 24.7 Å². The predicted octanol–water partition coefficient (Wildman–Crippen LogP) is 4.76. The number of thiazole rings is 1. The summed E-state index contributed by atoms with van der Waals surface area (Å²) in [5.74, 6) is 0. The van der Waals surface area contributed by atoms with Gasteiger partial charge in [0.25, 0.3) is 0 Å². The fourth-order valence-electron chi connectivity index (χ4n) is 2.58. The zero-order valence-electron chi connectivity index (χ0n) is 15.1. The van der Waals surface area contributed by atoms with Gasteiger partial charge in [-0.2, -0.15) is 13.2 Å². The van der Waals surface area contributed by atoms with Gasteiger partial charge >= 0.3 is 12.2 Å². The number of anilines is 2. The lowest BCUT2D eigenvalue weighted by Crippen LogP contribution is -2.21. The van der Waals surface area contributed by atoms with Crippen molar-refractivity contribution in [2.75, 3.05) is 17.7 Å². The number of hydrogen-bond acceptors (Lipinski definition) is 6. The highest BCUT2D eigenvalue weighted by atomic mass is 32.1. The van der Waals surface area contributed by atoms with Crippen molar-refractivity contribution in [2.24, 2.45) is 0 Å². The summed E-state index contributed by atoms with van der Waals surface area (Å²) in [6.07, 6.45) is -1.67. The minimum Gasteiger partial charge on any atom is -0.377 e. The second-order valence-corrected chi connectivity index (χ2v) is 7.07. The van der Waals surface area contributed by atoms with Crippen LogP contribution in [0.4, 0.5) is 29.3 Å². The van der Waals surface area contributed by atoms with Crippen molar-refractivity contribution in [1.82, 2.24) is 15.0 Å². The number of hydrogen-bond donors (Lipinski definition) is 2. The summed E-state index contributed by atoms with van der Waals surface area (Å²) in [6.45, 7) is 3.64. The fourth-order valence-corrected chi connectivity index (χ4v) is 3.35. The summed E-state index contributed by atoms with van der Waals surface area (Å²) in [7, 11) is 1.52. The average Bonchev–Trinajstić information content (AvgIpc) is 3.00. The number of carbonyl (C=O) groups excluding carboxylic acids is 1. The summed E-state index contributed by atoms with van der Waals surface area (Å²) in [5, 5.41) is 5.75. The number of urea groups is 1. The molecule has 3 aromatic heterocycles. The smallest absolute Gasteiger partial charge is 0.377 e. The van der Waals surface area contributed by atoms with Crippen LogP contribution in [0.25, 0.3) is 10.3 Å². The molecule has 0 aliphatic heterocycles. The van der Waals surface area contributed by atoms with Crippen molar-refractivity contribution >= 4 is 39.1 Å². The topological polar surface area (TPSA) is 89.0 Å². The Balaban J connectivity index is 1.87. The predicted molar refractivity (Wildman–Crippen MR) is 99.5 cm³/mol. The highest BCUT2D eigenvalue weighted by molar-refractivity contribution is 7.18. The van der Waals surface area contributed by atoms with Gasteiger partial charge in [0.05, 0.1) is 40.4 Å². The second-order valence-electron chi connectivity index (χ2n) is 5.89. The van der Waals surface area contributed by atoms with Gasteiger partial charge in [0.15, 0.2) is 0 Å². The van der Waals surface area contributed by atoms with E-state index in [4.69, 9.17) is 4.74 Å². The van der Waals surface area contributed by atoms with E-state index in [1.807, 2.05) is 6.92 Å². The van der Waals surface area contributed by atoms with Crippen LogP contribution in [-0.4, -0.2) is 28.1 Å². The van der Waals surface area contributed by atoms with Gasteiger partial charge in [-0.15, -0.1) is 0 Å². The SMILES string of the molecule is CO[C@H](C)c1c(NC(=O)Nc2cncc(C(F)(F)F)c2)cnc2sc(C)nc12. The van der Waals surface area contributed by atoms with E-state index in [2.05, 4.69) is 25.6 Å². The summed E-state index contributed by atoms with van der Waals surface area (Å²) in [5.41, 5.74) is 0.543. The van der Waals surface area contributed by atoms with Crippen molar-refractivity contribution in [2.45, 2.75) is 26.1 Å². The maximum atomic E-state index is 12.8. The van der Waals surface area contributed by atoms with E-state index in [0.29, 0.717) is 27.8 Å². The monoisotopic (exact) mass is 411 g/mol. The lowest BCUT2D eigenvalue weighted by Gasteiger charge is -2.16. The molecule has 3 rings (SSSR count). The zero-order valence-corrected chi connectivity index (χ0v) is 15.9. The maximum absolute atomic E-state index is 12.8. The van der Waals surface area contributed by atoms with Gasteiger partial charge in [0.1, 0.15) is 10.3 Å². The maximum Gasteiger partial charge on any atom is 0.417 e. The van der Waals surface area contributed by atoms with Crippen molar-refractivity contribution in [3.8, 4) is 0 Å². The first-order valence-corrected chi connectivity index (χ1v) is 8.89. The number of aromatic nitrogens is 3. The number of nitrogens with one attached hydrogen (secondary N) is 2. The molecule has 2 amide bonds. The molecule has 0 saturated carbocycles. The molecule has 3 heterocycles. The number of aryl methyl sites for hydroxylation is 1. The van der Waals surface area contributed by atoms with E-state index in [1.165, 1.54) is 24.6 Å². The number of ether oxygens (including phenoxy) is 1. The fraction of sp³-hybridized carbons (Fsp3) is 0.294. The highest BCUT2D eigenvalue weighted by Gasteiger charge is 2.31. The Labute approximate surface area is 162 Å². The molecule has 0 bridgehead atoms. The Hall–Kier alpha value is -2.79. The molecule has 2 N–H and O–H groups in total. The van der Waals surface area contributed by atoms with Gasteiger partial charge in [-0.25, -0.2) is 14.8 Å². The van der Waals surface area contributed by atoms with Crippen LogP contribution in [0, 0.1) is 6.92 Å². The molecule has 148 valence electrons. The molecule has 3 aromatic rings. The normalized spacial score (nSPS) is 12.8. The lowest BCUT2D eigenvalue weighted by atomic mass is 10.1. The summed E-state index contributed by atoms with van der Waals surface area (Å²) in [4.78, 5) is 25.3. The standard InChI is InChI=1S/C17H16F3N5O2S/c1-8(27-3)13-12(7-22-15-14(13)23-9(2)28-15)25-16(26)24-11-4-10(5-21-6-11)17(18,19)20/h4-8H,1-3H3,(H2,24,25,26)/t8-/m1/s1. The summed E-state index contributed by atoms with van der Waals surface area (Å²) < 4.78 is 43.7. The average molecular weight is 411 g/mol. The summed E-state index contributed by atoms with van der Waals surface area (Å²) >= 11 is 1.41. The molecular formula is C17H16F3N5O2S. The third-order valence-electron chi connectivity index (χ3n) is 3.90. The second kappa shape index (κ2) is 7.68. The molecule has 1 atom stereocenters. The Morgan fingerprint density at radius 2 is 2.00 bits per heavy atom. The van der Waals surface area contributed by atoms with E-state index in [9.17, 15) is 18.0 Å². The van der Waals surface area contributed by atoms with Crippen LogP contribution >= 0.6 is 11.3 Å². The van der Waals surface area contributed by atoms with Crippen molar-refractivity contribution < 1.29 is 22.7 Å². The van der Waals surface area contributed by atoms with Gasteiger partial charge < -0.3 is 15.4 Å². The Kier molecular flexibility index (Phi) is 5.47. The number of methoxy groups -OCH3 is 1. The third-order valence-corrected chi connectivity index (χ3v) is 4.78. The number of amides is 2. The number of rotatable bonds is 4. The van der Waals surface area contributed by atoms with E-state index in [1.54, 1.807) is 6.92 Å². The van der Waals surface area contributed by atoms with Crippen LogP contribution in [0.1, 0.15) is 29.2 Å². The van der Waals surface area contributed by atoms with Gasteiger partial charge in [0.2, 0.25) is 0 Å². The van der Waals surface area contributed by atoms with Gasteiger partial charge in [0, 0.05) is 18.9 Å². The van der Waals surface area contributed by atoms with Crippen molar-refractivity contribution in [3.05, 3.63) is 40.8 Å². The third kappa shape index (κ3) is 4.20. The molecule has 0 aromatic carbocycles. The van der Waals surface area contributed by atoms with Gasteiger partial charge in [-0.1, -0.05) is 11.3 Å². The van der Waals surface area contributed by atoms with Crippen LogP contribution in [0.5, 0.6) is 0 Å². The Morgan fingerprint density at radius 3 is 2.68 bits per heavy atom. The van der Waals surface area contributed by atoms with Gasteiger partial charge in [-0.3, -0.25) is 4.98 Å². The number of carbonyl (C=O) groups is 1. The quantitative estimate of drug-likeness (QED) is 0.646. The largest absolute Gasteiger partial charge is 0.417 e. The molecule has 0 unspecified atom stereocenters. The molecule has 7 nitrogen and oxygen atoms in total. The van der Waals surface area contributed by atoms with Crippen molar-refractivity contribution in [3.63, 3.8) is 0 Å². The first-order chi connectivity index (χ1) is 13.2. The Morgan fingerprint density at radius 1 is 1.25 bits per heavy atom. The summed E-state index contributed by atoms with van der Waals surface area (Å²) in [6, 6.07) is 0.0648. The van der Waals surface area contributed by atoms with E-state index >= 15 is 0 Å². The number of nitrogens with zero attached hydrogens (tertiary/aromatic N) is 3. The van der Waals surface area contributed by atoms with Crippen LogP contribution < -0.4 is 10.6 Å². The molecule has 0 aliphatic carbocycles. The van der Waals surface area contributed by atoms with Crippen LogP contribution in [0.3, 0.4) is 0 Å². The van der Waals surface area contributed by atoms with E-state index in [0.717, 1.165) is 17.3 Å². The molecule has 0 fully saturated rings. The molecule has 0 saturated heterocycles. The molecule has 28 heavy (non-hydrogen) atoms. The van der Waals surface area contributed by atoms with E-state index < -0.39 is 23.9 Å². The van der Waals surface area contributed by atoms with E-state index in [-0.39, 0.29) is 5.69 Å². The van der Waals surface area contributed by atoms with Crippen LogP contribution in [0.2, 0.25) is 0 Å². The number of alkyl halides is 3. The minimum atomic E-state index is -4.56. The molecule has 11 heteroatoms. The first kappa shape index (κ1) is 20.0. The number of pyridine rings is 2. The number of fused-ring (bicyclic) bond motifs is 1. The minimum absolute atomic E-state index is 0.0906. The zero-order chi connectivity index (χ0) is 20.5. The molecule has 0 radical (unpaired) electrons. The highest BCUT2D eigenvalue weighted by Crippen LogP contribution is 2.34. The van der Waals surface area contributed by atoms with Crippen molar-refractivity contribution in [1.29, 1.82) is 0 Å². The first-order valence-electron chi connectivity index (χ1n) is 8.08.